The van der Waals surface area contributed by atoms with Crippen LogP contribution in [0.25, 0.3) is 0 Å². The van der Waals surface area contributed by atoms with E-state index in [9.17, 15) is 13.2 Å². The Morgan fingerprint density at radius 1 is 1.47 bits per heavy atom. The number of hydrogen-bond donors (Lipinski definition) is 1. The van der Waals surface area contributed by atoms with Crippen LogP contribution in [0.4, 0.5) is 0 Å². The number of aryl methyl sites for hydroxylation is 2. The molecule has 0 fully saturated rings. The van der Waals surface area contributed by atoms with Gasteiger partial charge in [0.25, 0.3) is 0 Å². The summed E-state index contributed by atoms with van der Waals surface area (Å²) in [7, 11) is -2.70. The van der Waals surface area contributed by atoms with Gasteiger partial charge in [0, 0.05) is 7.05 Å². The summed E-state index contributed by atoms with van der Waals surface area (Å²) in [5.41, 5.74) is 0.215. The second-order valence-corrected chi connectivity index (χ2v) is 5.62. The van der Waals surface area contributed by atoms with Crippen molar-refractivity contribution >= 4 is 16.0 Å². The van der Waals surface area contributed by atoms with Gasteiger partial charge in [-0.3, -0.25) is 4.79 Å². The summed E-state index contributed by atoms with van der Waals surface area (Å²) < 4.78 is 29.8. The lowest BCUT2D eigenvalue weighted by Gasteiger charge is -2.20. The minimum Gasteiger partial charge on any atom is -0.480 e. The highest BCUT2D eigenvalue weighted by Crippen LogP contribution is 2.23. The summed E-state index contributed by atoms with van der Waals surface area (Å²) in [6, 6.07) is -1.16. The van der Waals surface area contributed by atoms with Crippen molar-refractivity contribution in [2.75, 3.05) is 7.05 Å². The maximum Gasteiger partial charge on any atom is 0.321 e. The topological polar surface area (TPSA) is 101 Å². The van der Waals surface area contributed by atoms with E-state index in [0.717, 1.165) is 4.31 Å². The fourth-order valence-electron chi connectivity index (χ4n) is 1.35. The molecule has 0 spiro atoms. The molecule has 8 heteroatoms. The lowest BCUT2D eigenvalue weighted by atomic mass is 10.4. The third-order valence-electron chi connectivity index (χ3n) is 2.51. The van der Waals surface area contributed by atoms with Crippen molar-refractivity contribution < 1.29 is 22.8 Å². The molecule has 0 bridgehead atoms. The van der Waals surface area contributed by atoms with E-state index in [2.05, 4.69) is 5.16 Å². The monoisotopic (exact) mass is 262 g/mol. The van der Waals surface area contributed by atoms with Crippen LogP contribution in [-0.4, -0.2) is 42.0 Å². The average Bonchev–Trinajstić information content (AvgIpc) is 2.56. The molecule has 0 aromatic carbocycles. The van der Waals surface area contributed by atoms with Crippen LogP contribution in [0.3, 0.4) is 0 Å². The second-order valence-electron chi connectivity index (χ2n) is 3.69. The van der Waals surface area contributed by atoms with E-state index in [-0.39, 0.29) is 16.3 Å². The Balaban J connectivity index is 3.26. The number of hydrogen-bond acceptors (Lipinski definition) is 5. The van der Waals surface area contributed by atoms with Gasteiger partial charge < -0.3 is 9.63 Å². The van der Waals surface area contributed by atoms with E-state index in [4.69, 9.17) is 9.63 Å². The summed E-state index contributed by atoms with van der Waals surface area (Å²) in [6.07, 6.45) is 0. The molecule has 0 aliphatic heterocycles. The molecule has 17 heavy (non-hydrogen) atoms. The highest BCUT2D eigenvalue weighted by atomic mass is 32.2. The minimum atomic E-state index is -3.90. The van der Waals surface area contributed by atoms with Crippen molar-refractivity contribution in [1.29, 1.82) is 0 Å². The summed E-state index contributed by atoms with van der Waals surface area (Å²) in [5.74, 6) is -1.07. The summed E-state index contributed by atoms with van der Waals surface area (Å²) in [5, 5.41) is 12.3. The van der Waals surface area contributed by atoms with Crippen LogP contribution >= 0.6 is 0 Å². The van der Waals surface area contributed by atoms with Gasteiger partial charge in [-0.15, -0.1) is 0 Å². The molecular formula is C9H14N2O5S. The molecule has 1 aromatic rings. The van der Waals surface area contributed by atoms with Gasteiger partial charge in [0.15, 0.2) is 5.76 Å². The Labute approximate surface area is 99.1 Å². The van der Waals surface area contributed by atoms with Crippen LogP contribution < -0.4 is 0 Å². The van der Waals surface area contributed by atoms with Gasteiger partial charge in [-0.1, -0.05) is 5.16 Å². The van der Waals surface area contributed by atoms with E-state index < -0.39 is 22.0 Å². The zero-order valence-corrected chi connectivity index (χ0v) is 10.8. The molecule has 0 amide bonds. The molecule has 0 saturated carbocycles. The number of sulfonamides is 1. The molecule has 0 saturated heterocycles. The second kappa shape index (κ2) is 4.46. The predicted octanol–water partition coefficient (Wildman–Crippen LogP) is 0.385. The van der Waals surface area contributed by atoms with Crippen LogP contribution in [0, 0.1) is 13.8 Å². The van der Waals surface area contributed by atoms with Gasteiger partial charge in [-0.2, -0.15) is 4.31 Å². The predicted molar refractivity (Wildman–Crippen MR) is 58.0 cm³/mol. The number of nitrogens with zero attached hydrogens (tertiary/aromatic N) is 2. The zero-order chi connectivity index (χ0) is 13.4. The van der Waals surface area contributed by atoms with Crippen molar-refractivity contribution in [3.8, 4) is 0 Å². The van der Waals surface area contributed by atoms with Gasteiger partial charge in [-0.25, -0.2) is 8.42 Å². The molecule has 7 nitrogen and oxygen atoms in total. The minimum absolute atomic E-state index is 0.0758. The highest BCUT2D eigenvalue weighted by Gasteiger charge is 2.33. The standard InChI is InChI=1S/C9H14N2O5S/c1-5-8(7(3)16-10-5)17(14,15)11(4)6(2)9(12)13/h6H,1-4H3,(H,12,13). The first-order valence-corrected chi connectivity index (χ1v) is 6.27. The van der Waals surface area contributed by atoms with Crippen LogP contribution in [0.1, 0.15) is 18.4 Å². The first-order valence-electron chi connectivity index (χ1n) is 4.83. The van der Waals surface area contributed by atoms with Gasteiger partial charge in [-0.05, 0) is 20.8 Å². The zero-order valence-electron chi connectivity index (χ0n) is 9.96. The summed E-state index contributed by atoms with van der Waals surface area (Å²) >= 11 is 0. The Morgan fingerprint density at radius 2 is 2.00 bits per heavy atom. The van der Waals surface area contributed by atoms with Crippen LogP contribution in [-0.2, 0) is 14.8 Å². The molecule has 1 N–H and O–H groups in total. The molecule has 0 aliphatic carbocycles. The van der Waals surface area contributed by atoms with E-state index >= 15 is 0 Å². The van der Waals surface area contributed by atoms with Crippen molar-refractivity contribution in [2.45, 2.75) is 31.7 Å². The normalized spacial score (nSPS) is 13.9. The summed E-state index contributed by atoms with van der Waals surface area (Å²) in [4.78, 5) is 10.7. The Bertz CT molecular complexity index is 514. The fourth-order valence-corrected chi connectivity index (χ4v) is 2.96. The highest BCUT2D eigenvalue weighted by molar-refractivity contribution is 7.89. The van der Waals surface area contributed by atoms with E-state index in [1.54, 1.807) is 0 Å². The first-order chi connectivity index (χ1) is 7.69. The number of carboxylic acid groups (broad SMARTS) is 1. The molecule has 0 aliphatic rings. The van der Waals surface area contributed by atoms with Crippen LogP contribution in [0.15, 0.2) is 9.42 Å². The molecule has 1 unspecified atom stereocenters. The quantitative estimate of drug-likeness (QED) is 0.842. The molecule has 1 heterocycles. The first kappa shape index (κ1) is 13.7. The third kappa shape index (κ3) is 2.32. The van der Waals surface area contributed by atoms with Crippen molar-refractivity contribution in [3.63, 3.8) is 0 Å². The molecule has 1 rings (SSSR count). The molecule has 1 aromatic heterocycles. The Kier molecular flexibility index (Phi) is 3.58. The molecule has 1 atom stereocenters. The van der Waals surface area contributed by atoms with Gasteiger partial charge in [0.1, 0.15) is 16.6 Å². The molecule has 0 radical (unpaired) electrons. The lowest BCUT2D eigenvalue weighted by Crippen LogP contribution is -2.40. The van der Waals surface area contributed by atoms with E-state index in [0.29, 0.717) is 0 Å². The number of carboxylic acids is 1. The van der Waals surface area contributed by atoms with Gasteiger partial charge in [0.2, 0.25) is 10.0 Å². The van der Waals surface area contributed by atoms with Crippen LogP contribution in [0.2, 0.25) is 0 Å². The van der Waals surface area contributed by atoms with Crippen molar-refractivity contribution in [1.82, 2.24) is 9.46 Å². The van der Waals surface area contributed by atoms with Crippen LogP contribution in [0.5, 0.6) is 0 Å². The lowest BCUT2D eigenvalue weighted by molar-refractivity contribution is -0.140. The largest absolute Gasteiger partial charge is 0.480 e. The number of aliphatic carboxylic acids is 1. The smallest absolute Gasteiger partial charge is 0.321 e. The molecule has 96 valence electrons. The Hall–Kier alpha value is -1.41. The maximum atomic E-state index is 12.1. The fraction of sp³-hybridized carbons (Fsp3) is 0.556. The number of aromatic nitrogens is 1. The number of rotatable bonds is 4. The Morgan fingerprint density at radius 3 is 2.35 bits per heavy atom. The van der Waals surface area contributed by atoms with E-state index in [1.807, 2.05) is 0 Å². The van der Waals surface area contributed by atoms with Gasteiger partial charge in [0.05, 0.1) is 0 Å². The summed E-state index contributed by atoms with van der Waals surface area (Å²) in [6.45, 7) is 4.24. The molecular weight excluding hydrogens is 248 g/mol. The van der Waals surface area contributed by atoms with Crippen molar-refractivity contribution in [2.24, 2.45) is 0 Å². The van der Waals surface area contributed by atoms with E-state index in [1.165, 1.54) is 27.8 Å². The van der Waals surface area contributed by atoms with Gasteiger partial charge >= 0.3 is 5.97 Å². The third-order valence-corrected chi connectivity index (χ3v) is 4.68. The average molecular weight is 262 g/mol. The SMILES string of the molecule is Cc1noc(C)c1S(=O)(=O)N(C)C(C)C(=O)O. The number of carbonyl (C=O) groups is 1. The van der Waals surface area contributed by atoms with Crippen molar-refractivity contribution in [3.05, 3.63) is 11.5 Å². The number of likely N-dealkylation sites (N-methyl/N-ethyl adjacent to an activating group) is 1. The maximum absolute atomic E-state index is 12.1.